The minimum absolute atomic E-state index is 0.719. The Hall–Kier alpha value is -0.963. The van der Waals surface area contributed by atoms with Crippen molar-refractivity contribution in [3.63, 3.8) is 0 Å². The SMILES string of the molecule is [Si]Oc1ccccc1OCC1CCCCC1. The van der Waals surface area contributed by atoms with E-state index in [1.165, 1.54) is 32.1 Å². The van der Waals surface area contributed by atoms with E-state index in [-0.39, 0.29) is 0 Å². The molecule has 3 heteroatoms. The van der Waals surface area contributed by atoms with Gasteiger partial charge in [0.1, 0.15) is 5.75 Å². The Morgan fingerprint density at radius 3 is 2.44 bits per heavy atom. The normalized spacial score (nSPS) is 17.1. The minimum Gasteiger partial charge on any atom is -0.538 e. The summed E-state index contributed by atoms with van der Waals surface area (Å²) in [4.78, 5) is 0. The first-order valence-corrected chi connectivity index (χ1v) is 6.36. The fourth-order valence-electron chi connectivity index (χ4n) is 2.22. The zero-order chi connectivity index (χ0) is 11.2. The van der Waals surface area contributed by atoms with Gasteiger partial charge in [-0.05, 0) is 30.9 Å². The van der Waals surface area contributed by atoms with E-state index < -0.39 is 0 Å². The van der Waals surface area contributed by atoms with Crippen molar-refractivity contribution in [2.45, 2.75) is 32.1 Å². The summed E-state index contributed by atoms with van der Waals surface area (Å²) in [7, 11) is 3.04. The van der Waals surface area contributed by atoms with Crippen molar-refractivity contribution in [2.24, 2.45) is 5.92 Å². The lowest BCUT2D eigenvalue weighted by Gasteiger charge is -2.22. The molecule has 1 aromatic carbocycles. The van der Waals surface area contributed by atoms with E-state index in [0.29, 0.717) is 0 Å². The van der Waals surface area contributed by atoms with Gasteiger partial charge in [0.2, 0.25) is 0 Å². The molecule has 0 heterocycles. The van der Waals surface area contributed by atoms with Crippen LogP contribution >= 0.6 is 0 Å². The van der Waals surface area contributed by atoms with Crippen LogP contribution in [-0.4, -0.2) is 17.1 Å². The second-order valence-electron chi connectivity index (χ2n) is 4.36. The van der Waals surface area contributed by atoms with E-state index >= 15 is 0 Å². The van der Waals surface area contributed by atoms with Crippen LogP contribution in [0.5, 0.6) is 11.5 Å². The van der Waals surface area contributed by atoms with Gasteiger partial charge in [0.05, 0.1) is 6.61 Å². The number of benzene rings is 1. The minimum atomic E-state index is 0.719. The molecule has 1 aliphatic carbocycles. The van der Waals surface area contributed by atoms with Gasteiger partial charge in [0.15, 0.2) is 5.75 Å². The molecule has 1 aromatic rings. The monoisotopic (exact) mass is 233 g/mol. The van der Waals surface area contributed by atoms with Crippen molar-refractivity contribution < 1.29 is 9.16 Å². The third-order valence-corrected chi connectivity index (χ3v) is 3.38. The summed E-state index contributed by atoms with van der Waals surface area (Å²) in [6.45, 7) is 0.812. The first-order chi connectivity index (χ1) is 7.90. The predicted octanol–water partition coefficient (Wildman–Crippen LogP) is 3.11. The maximum Gasteiger partial charge on any atom is 0.341 e. The average molecular weight is 233 g/mol. The highest BCUT2D eigenvalue weighted by Gasteiger charge is 2.14. The molecule has 0 spiro atoms. The molecular formula is C13H17O2Si. The molecule has 0 bridgehead atoms. The maximum atomic E-state index is 5.81. The summed E-state index contributed by atoms with van der Waals surface area (Å²) < 4.78 is 10.9. The summed E-state index contributed by atoms with van der Waals surface area (Å²) in [6.07, 6.45) is 6.69. The molecule has 0 atom stereocenters. The number of ether oxygens (including phenoxy) is 1. The van der Waals surface area contributed by atoms with Crippen molar-refractivity contribution in [2.75, 3.05) is 6.61 Å². The summed E-state index contributed by atoms with van der Waals surface area (Å²) in [5, 5.41) is 0. The van der Waals surface area contributed by atoms with Gasteiger partial charge < -0.3 is 9.16 Å². The predicted molar refractivity (Wildman–Crippen MR) is 64.9 cm³/mol. The molecule has 2 nitrogen and oxygen atoms in total. The lowest BCUT2D eigenvalue weighted by atomic mass is 9.90. The zero-order valence-corrected chi connectivity index (χ0v) is 10.4. The molecule has 0 N–H and O–H groups in total. The molecule has 0 aromatic heterocycles. The average Bonchev–Trinajstić information content (AvgIpc) is 2.38. The van der Waals surface area contributed by atoms with Crippen LogP contribution in [0.4, 0.5) is 0 Å². The van der Waals surface area contributed by atoms with E-state index in [1.807, 2.05) is 24.3 Å². The molecule has 0 aliphatic heterocycles. The molecule has 16 heavy (non-hydrogen) atoms. The van der Waals surface area contributed by atoms with Crippen LogP contribution in [-0.2, 0) is 0 Å². The molecule has 0 unspecified atom stereocenters. The van der Waals surface area contributed by atoms with Crippen LogP contribution in [0.3, 0.4) is 0 Å². The van der Waals surface area contributed by atoms with Crippen molar-refractivity contribution in [1.29, 1.82) is 0 Å². The Bertz CT molecular complexity index is 321. The number of hydrogen-bond acceptors (Lipinski definition) is 2. The molecule has 0 amide bonds. The second-order valence-corrected chi connectivity index (χ2v) is 4.57. The van der Waals surface area contributed by atoms with Gasteiger partial charge in [-0.2, -0.15) is 0 Å². The third-order valence-electron chi connectivity index (χ3n) is 3.16. The van der Waals surface area contributed by atoms with E-state index in [0.717, 1.165) is 24.0 Å². The molecule has 85 valence electrons. The highest BCUT2D eigenvalue weighted by atomic mass is 28.2. The molecular weight excluding hydrogens is 216 g/mol. The van der Waals surface area contributed by atoms with Gasteiger partial charge >= 0.3 is 10.5 Å². The van der Waals surface area contributed by atoms with Gasteiger partial charge in [0.25, 0.3) is 0 Å². The summed E-state index contributed by atoms with van der Waals surface area (Å²) in [5.41, 5.74) is 0. The van der Waals surface area contributed by atoms with Crippen LogP contribution in [0, 0.1) is 5.92 Å². The highest BCUT2D eigenvalue weighted by molar-refractivity contribution is 6.00. The Morgan fingerprint density at radius 1 is 1.06 bits per heavy atom. The summed E-state index contributed by atoms with van der Waals surface area (Å²) >= 11 is 0. The molecule has 0 saturated heterocycles. The lowest BCUT2D eigenvalue weighted by molar-refractivity contribution is 0.205. The zero-order valence-electron chi connectivity index (χ0n) is 9.45. The van der Waals surface area contributed by atoms with Crippen molar-refractivity contribution >= 4 is 10.5 Å². The van der Waals surface area contributed by atoms with Crippen molar-refractivity contribution in [1.82, 2.24) is 0 Å². The lowest BCUT2D eigenvalue weighted by Crippen LogP contribution is -2.15. The number of para-hydroxylation sites is 2. The molecule has 1 saturated carbocycles. The van der Waals surface area contributed by atoms with Crippen LogP contribution in [0.15, 0.2) is 24.3 Å². The van der Waals surface area contributed by atoms with E-state index in [2.05, 4.69) is 10.5 Å². The molecule has 2 rings (SSSR count). The van der Waals surface area contributed by atoms with Crippen LogP contribution < -0.4 is 9.16 Å². The summed E-state index contributed by atoms with van der Waals surface area (Å²) in [5.74, 6) is 2.29. The Labute approximate surface area is 101 Å². The Kier molecular flexibility index (Phi) is 4.28. The smallest absolute Gasteiger partial charge is 0.341 e. The Morgan fingerprint density at radius 2 is 1.75 bits per heavy atom. The quantitative estimate of drug-likeness (QED) is 0.744. The largest absolute Gasteiger partial charge is 0.538 e. The van der Waals surface area contributed by atoms with E-state index in [4.69, 9.17) is 9.16 Å². The van der Waals surface area contributed by atoms with Crippen LogP contribution in [0.1, 0.15) is 32.1 Å². The van der Waals surface area contributed by atoms with Crippen molar-refractivity contribution in [3.05, 3.63) is 24.3 Å². The van der Waals surface area contributed by atoms with E-state index in [1.54, 1.807) is 0 Å². The maximum absolute atomic E-state index is 5.81. The van der Waals surface area contributed by atoms with Gasteiger partial charge in [-0.1, -0.05) is 31.4 Å². The number of hydrogen-bond donors (Lipinski definition) is 0. The fraction of sp³-hybridized carbons (Fsp3) is 0.538. The topological polar surface area (TPSA) is 18.5 Å². The number of rotatable bonds is 4. The van der Waals surface area contributed by atoms with Crippen molar-refractivity contribution in [3.8, 4) is 11.5 Å². The molecule has 1 fully saturated rings. The van der Waals surface area contributed by atoms with Gasteiger partial charge in [-0.25, -0.2) is 0 Å². The van der Waals surface area contributed by atoms with Gasteiger partial charge in [0, 0.05) is 0 Å². The summed E-state index contributed by atoms with van der Waals surface area (Å²) in [6, 6.07) is 7.73. The first-order valence-electron chi connectivity index (χ1n) is 5.95. The standard InChI is InChI=1S/C13H17O2Si/c16-15-13-9-5-4-8-12(13)14-10-11-6-2-1-3-7-11/h4-5,8-9,11H,1-3,6-7,10H2. The third kappa shape index (κ3) is 3.01. The highest BCUT2D eigenvalue weighted by Crippen LogP contribution is 2.29. The van der Waals surface area contributed by atoms with E-state index in [9.17, 15) is 0 Å². The second kappa shape index (κ2) is 5.94. The molecule has 1 aliphatic rings. The van der Waals surface area contributed by atoms with Gasteiger partial charge in [-0.3, -0.25) is 0 Å². The van der Waals surface area contributed by atoms with Crippen LogP contribution in [0.2, 0.25) is 0 Å². The van der Waals surface area contributed by atoms with Crippen LogP contribution in [0.25, 0.3) is 0 Å². The first kappa shape index (κ1) is 11.5. The fourth-order valence-corrected chi connectivity index (χ4v) is 2.38. The van der Waals surface area contributed by atoms with Gasteiger partial charge in [-0.15, -0.1) is 0 Å². The molecule has 3 radical (unpaired) electrons. The Balaban J connectivity index is 1.88.